The Kier molecular flexibility index (Phi) is 2.59. The number of hydrogen-bond donors (Lipinski definition) is 1. The van der Waals surface area contributed by atoms with Crippen LogP contribution >= 0.6 is 0 Å². The maximum absolute atomic E-state index is 13.6. The Morgan fingerprint density at radius 1 is 1.50 bits per heavy atom. The molecule has 16 heavy (non-hydrogen) atoms. The van der Waals surface area contributed by atoms with E-state index in [0.29, 0.717) is 16.7 Å². The first kappa shape index (κ1) is 10.9. The van der Waals surface area contributed by atoms with Gasteiger partial charge < -0.3 is 5.32 Å². The van der Waals surface area contributed by atoms with Gasteiger partial charge in [0.2, 0.25) is 0 Å². The number of benzene rings is 1. The SMILES string of the molecule is CC(Nc1ccc(C#N)cc1F)C1(C)CC1. The van der Waals surface area contributed by atoms with Gasteiger partial charge in [-0.05, 0) is 43.4 Å². The third kappa shape index (κ3) is 2.01. The fourth-order valence-electron chi connectivity index (χ4n) is 1.74. The van der Waals surface area contributed by atoms with Crippen molar-refractivity contribution in [1.82, 2.24) is 0 Å². The van der Waals surface area contributed by atoms with Gasteiger partial charge in [0.15, 0.2) is 0 Å². The summed E-state index contributed by atoms with van der Waals surface area (Å²) in [7, 11) is 0. The van der Waals surface area contributed by atoms with E-state index in [1.165, 1.54) is 18.9 Å². The number of nitrogens with zero attached hydrogens (tertiary/aromatic N) is 1. The predicted octanol–water partition coefficient (Wildman–Crippen LogP) is 3.30. The number of nitriles is 1. The summed E-state index contributed by atoms with van der Waals surface area (Å²) in [5.74, 6) is -0.352. The quantitative estimate of drug-likeness (QED) is 0.845. The molecule has 84 valence electrons. The molecular formula is C13H15FN2. The van der Waals surface area contributed by atoms with Crippen molar-refractivity contribution in [2.45, 2.75) is 32.7 Å². The van der Waals surface area contributed by atoms with E-state index in [0.717, 1.165) is 0 Å². The second-order valence-corrected chi connectivity index (χ2v) is 4.83. The first-order chi connectivity index (χ1) is 7.55. The van der Waals surface area contributed by atoms with Crippen LogP contribution in [0.15, 0.2) is 18.2 Å². The molecule has 1 N–H and O–H groups in total. The van der Waals surface area contributed by atoms with Crippen molar-refractivity contribution < 1.29 is 4.39 Å². The van der Waals surface area contributed by atoms with Gasteiger partial charge in [0, 0.05) is 6.04 Å². The molecule has 0 bridgehead atoms. The highest BCUT2D eigenvalue weighted by Crippen LogP contribution is 2.48. The predicted molar refractivity (Wildman–Crippen MR) is 61.5 cm³/mol. The van der Waals surface area contributed by atoms with Gasteiger partial charge in [0.1, 0.15) is 5.82 Å². The third-order valence-corrected chi connectivity index (χ3v) is 3.55. The van der Waals surface area contributed by atoms with Gasteiger partial charge in [-0.1, -0.05) is 6.92 Å². The van der Waals surface area contributed by atoms with Crippen molar-refractivity contribution in [2.24, 2.45) is 5.41 Å². The Morgan fingerprint density at radius 3 is 2.69 bits per heavy atom. The van der Waals surface area contributed by atoms with Crippen LogP contribution in [-0.2, 0) is 0 Å². The van der Waals surface area contributed by atoms with E-state index in [9.17, 15) is 4.39 Å². The highest BCUT2D eigenvalue weighted by Gasteiger charge is 2.42. The van der Waals surface area contributed by atoms with Crippen LogP contribution in [0.2, 0.25) is 0 Å². The minimum Gasteiger partial charge on any atom is -0.380 e. The summed E-state index contributed by atoms with van der Waals surface area (Å²) in [4.78, 5) is 0. The van der Waals surface area contributed by atoms with Gasteiger partial charge in [0.05, 0.1) is 17.3 Å². The van der Waals surface area contributed by atoms with Gasteiger partial charge in [0.25, 0.3) is 0 Å². The third-order valence-electron chi connectivity index (χ3n) is 3.55. The van der Waals surface area contributed by atoms with Gasteiger partial charge >= 0.3 is 0 Å². The molecule has 1 saturated carbocycles. The minimum absolute atomic E-state index is 0.259. The molecule has 2 rings (SSSR count). The van der Waals surface area contributed by atoms with Crippen LogP contribution in [0, 0.1) is 22.6 Å². The largest absolute Gasteiger partial charge is 0.380 e. The van der Waals surface area contributed by atoms with Crippen LogP contribution < -0.4 is 5.32 Å². The highest BCUT2D eigenvalue weighted by atomic mass is 19.1. The minimum atomic E-state index is -0.352. The molecule has 0 aromatic heterocycles. The molecule has 0 saturated heterocycles. The number of nitrogens with one attached hydrogen (secondary N) is 1. The molecule has 0 heterocycles. The zero-order valence-corrected chi connectivity index (χ0v) is 9.55. The topological polar surface area (TPSA) is 35.8 Å². The smallest absolute Gasteiger partial charge is 0.147 e. The lowest BCUT2D eigenvalue weighted by molar-refractivity contribution is 0.490. The number of hydrogen-bond acceptors (Lipinski definition) is 2. The molecule has 3 heteroatoms. The summed E-state index contributed by atoms with van der Waals surface area (Å²) in [5.41, 5.74) is 1.15. The van der Waals surface area contributed by atoms with Gasteiger partial charge in [-0.15, -0.1) is 0 Å². The van der Waals surface area contributed by atoms with Crippen molar-refractivity contribution in [2.75, 3.05) is 5.32 Å². The van der Waals surface area contributed by atoms with Crippen molar-refractivity contribution >= 4 is 5.69 Å². The van der Waals surface area contributed by atoms with Crippen LogP contribution in [0.1, 0.15) is 32.3 Å². The van der Waals surface area contributed by atoms with E-state index in [1.54, 1.807) is 12.1 Å². The van der Waals surface area contributed by atoms with Crippen molar-refractivity contribution in [1.29, 1.82) is 5.26 Å². The van der Waals surface area contributed by atoms with E-state index >= 15 is 0 Å². The molecule has 0 radical (unpaired) electrons. The van der Waals surface area contributed by atoms with Gasteiger partial charge in [-0.25, -0.2) is 4.39 Å². The van der Waals surface area contributed by atoms with E-state index in [-0.39, 0.29) is 11.9 Å². The molecule has 0 spiro atoms. The van der Waals surface area contributed by atoms with Crippen LogP contribution in [-0.4, -0.2) is 6.04 Å². The van der Waals surface area contributed by atoms with Crippen LogP contribution in [0.5, 0.6) is 0 Å². The second kappa shape index (κ2) is 3.79. The second-order valence-electron chi connectivity index (χ2n) is 4.83. The lowest BCUT2D eigenvalue weighted by Gasteiger charge is -2.21. The molecule has 1 aromatic rings. The maximum atomic E-state index is 13.6. The Labute approximate surface area is 95.1 Å². The van der Waals surface area contributed by atoms with Crippen molar-refractivity contribution in [3.63, 3.8) is 0 Å². The molecule has 0 aliphatic heterocycles. The Hall–Kier alpha value is -1.56. The molecular weight excluding hydrogens is 203 g/mol. The Bertz CT molecular complexity index is 444. The average Bonchev–Trinajstić information content (AvgIpc) is 3.01. The van der Waals surface area contributed by atoms with Crippen LogP contribution in [0.4, 0.5) is 10.1 Å². The van der Waals surface area contributed by atoms with Gasteiger partial charge in [-0.3, -0.25) is 0 Å². The zero-order chi connectivity index (χ0) is 11.8. The number of halogens is 1. The monoisotopic (exact) mass is 218 g/mol. The van der Waals surface area contributed by atoms with Crippen molar-refractivity contribution in [3.8, 4) is 6.07 Å². The summed E-state index contributed by atoms with van der Waals surface area (Å²) in [6.45, 7) is 4.27. The molecule has 1 aromatic carbocycles. The molecule has 1 unspecified atom stereocenters. The summed E-state index contributed by atoms with van der Waals surface area (Å²) in [6.07, 6.45) is 2.39. The summed E-state index contributed by atoms with van der Waals surface area (Å²) in [5, 5.41) is 11.8. The lowest BCUT2D eigenvalue weighted by Crippen LogP contribution is -2.25. The van der Waals surface area contributed by atoms with E-state index in [1.807, 2.05) is 6.07 Å². The summed E-state index contributed by atoms with van der Waals surface area (Å²) >= 11 is 0. The Morgan fingerprint density at radius 2 is 2.19 bits per heavy atom. The summed E-state index contributed by atoms with van der Waals surface area (Å²) < 4.78 is 13.6. The average molecular weight is 218 g/mol. The lowest BCUT2D eigenvalue weighted by atomic mass is 10.0. The van der Waals surface area contributed by atoms with E-state index in [2.05, 4.69) is 19.2 Å². The maximum Gasteiger partial charge on any atom is 0.147 e. The number of anilines is 1. The van der Waals surface area contributed by atoms with Crippen molar-refractivity contribution in [3.05, 3.63) is 29.6 Å². The highest BCUT2D eigenvalue weighted by molar-refractivity contribution is 5.49. The first-order valence-electron chi connectivity index (χ1n) is 5.51. The molecule has 2 nitrogen and oxygen atoms in total. The first-order valence-corrected chi connectivity index (χ1v) is 5.51. The fourth-order valence-corrected chi connectivity index (χ4v) is 1.74. The molecule has 0 amide bonds. The van der Waals surface area contributed by atoms with Crippen LogP contribution in [0.25, 0.3) is 0 Å². The molecule has 1 aliphatic rings. The normalized spacial score (nSPS) is 18.6. The molecule has 1 aliphatic carbocycles. The molecule has 1 atom stereocenters. The van der Waals surface area contributed by atoms with E-state index < -0.39 is 0 Å². The van der Waals surface area contributed by atoms with Crippen LogP contribution in [0.3, 0.4) is 0 Å². The fraction of sp³-hybridized carbons (Fsp3) is 0.462. The molecule has 1 fully saturated rings. The standard InChI is InChI=1S/C13H15FN2/c1-9(13(2)5-6-13)16-12-4-3-10(8-15)7-11(12)14/h3-4,7,9,16H,5-6H2,1-2H3. The van der Waals surface area contributed by atoms with E-state index in [4.69, 9.17) is 5.26 Å². The number of rotatable bonds is 3. The van der Waals surface area contributed by atoms with Gasteiger partial charge in [-0.2, -0.15) is 5.26 Å². The Balaban J connectivity index is 2.13. The summed E-state index contributed by atoms with van der Waals surface area (Å²) in [6, 6.07) is 6.72. The zero-order valence-electron chi connectivity index (χ0n) is 9.55.